The van der Waals surface area contributed by atoms with Crippen molar-refractivity contribution in [3.8, 4) is 11.6 Å². The normalized spacial score (nSPS) is 14.9. The summed E-state index contributed by atoms with van der Waals surface area (Å²) < 4.78 is 40.4. The zero-order valence-corrected chi connectivity index (χ0v) is 21.5. The van der Waals surface area contributed by atoms with Crippen molar-refractivity contribution in [1.29, 1.82) is 0 Å². The number of ether oxygens (including phenoxy) is 2. The van der Waals surface area contributed by atoms with Gasteiger partial charge in [0.05, 0.1) is 18.1 Å². The Morgan fingerprint density at radius 3 is 2.53 bits per heavy atom. The molecular weight excluding hydrogens is 478 g/mol. The van der Waals surface area contributed by atoms with Crippen LogP contribution in [0.5, 0.6) is 11.6 Å². The first-order valence-electron chi connectivity index (χ1n) is 12.0. The molecule has 9 heteroatoms. The van der Waals surface area contributed by atoms with Gasteiger partial charge in [0, 0.05) is 48.2 Å². The van der Waals surface area contributed by atoms with Crippen molar-refractivity contribution < 1.29 is 22.7 Å². The molecular formula is C27H31N3O5S. The topological polar surface area (TPSA) is 97.8 Å². The maximum atomic E-state index is 13.0. The number of Topliss-reactive ketones (excluding diaryl/α,β-unsaturated/α-hetero) is 1. The van der Waals surface area contributed by atoms with Gasteiger partial charge in [0.15, 0.2) is 5.78 Å². The summed E-state index contributed by atoms with van der Waals surface area (Å²) in [6.07, 6.45) is 2.24. The summed E-state index contributed by atoms with van der Waals surface area (Å²) in [5, 5.41) is 0. The average Bonchev–Trinajstić information content (AvgIpc) is 2.89. The fourth-order valence-electron chi connectivity index (χ4n) is 4.25. The second-order valence-electron chi connectivity index (χ2n) is 8.66. The van der Waals surface area contributed by atoms with Gasteiger partial charge in [0.1, 0.15) is 5.75 Å². The van der Waals surface area contributed by atoms with Crippen LogP contribution in [0.1, 0.15) is 48.3 Å². The molecule has 0 saturated carbocycles. The number of nitrogens with zero attached hydrogens (tertiary/aromatic N) is 2. The minimum Gasteiger partial charge on any atom is -0.439 e. The SMILES string of the molecule is CCc1c(C(C)NS(=O)(=O)c2ccc(C(C)=O)cc2)ccnc1Oc1cccc(N2CCOCC2)c1. The minimum absolute atomic E-state index is 0.0999. The van der Waals surface area contributed by atoms with Crippen molar-refractivity contribution >= 4 is 21.5 Å². The third-order valence-corrected chi connectivity index (χ3v) is 7.74. The fourth-order valence-corrected chi connectivity index (χ4v) is 5.47. The molecule has 1 aliphatic heterocycles. The lowest BCUT2D eigenvalue weighted by Crippen LogP contribution is -2.36. The van der Waals surface area contributed by atoms with Gasteiger partial charge in [0.25, 0.3) is 0 Å². The lowest BCUT2D eigenvalue weighted by atomic mass is 10.0. The van der Waals surface area contributed by atoms with Gasteiger partial charge in [-0.15, -0.1) is 0 Å². The molecule has 1 N–H and O–H groups in total. The number of morpholine rings is 1. The highest BCUT2D eigenvalue weighted by atomic mass is 32.2. The van der Waals surface area contributed by atoms with E-state index in [9.17, 15) is 13.2 Å². The molecule has 0 spiro atoms. The smallest absolute Gasteiger partial charge is 0.241 e. The second-order valence-corrected chi connectivity index (χ2v) is 10.4. The van der Waals surface area contributed by atoms with Gasteiger partial charge >= 0.3 is 0 Å². The third-order valence-electron chi connectivity index (χ3n) is 6.18. The number of carbonyl (C=O) groups excluding carboxylic acids is 1. The van der Waals surface area contributed by atoms with Gasteiger partial charge in [-0.05, 0) is 56.2 Å². The molecule has 2 heterocycles. The van der Waals surface area contributed by atoms with E-state index in [4.69, 9.17) is 9.47 Å². The summed E-state index contributed by atoms with van der Waals surface area (Å²) in [6.45, 7) is 8.27. The largest absolute Gasteiger partial charge is 0.439 e. The molecule has 1 fully saturated rings. The molecule has 190 valence electrons. The molecule has 0 aliphatic carbocycles. The quantitative estimate of drug-likeness (QED) is 0.424. The van der Waals surface area contributed by atoms with E-state index in [0.29, 0.717) is 36.8 Å². The van der Waals surface area contributed by atoms with E-state index in [1.54, 1.807) is 13.1 Å². The van der Waals surface area contributed by atoms with Crippen molar-refractivity contribution in [2.75, 3.05) is 31.2 Å². The molecule has 0 radical (unpaired) electrons. The van der Waals surface area contributed by atoms with E-state index >= 15 is 0 Å². The van der Waals surface area contributed by atoms with Crippen LogP contribution in [0.25, 0.3) is 0 Å². The number of rotatable bonds is 9. The summed E-state index contributed by atoms with van der Waals surface area (Å²) in [7, 11) is -3.80. The predicted octanol–water partition coefficient (Wildman–Crippen LogP) is 4.52. The Morgan fingerprint density at radius 1 is 1.14 bits per heavy atom. The minimum atomic E-state index is -3.80. The van der Waals surface area contributed by atoms with Crippen LogP contribution in [0.3, 0.4) is 0 Å². The summed E-state index contributed by atoms with van der Waals surface area (Å²) in [6, 6.07) is 15.1. The lowest BCUT2D eigenvalue weighted by molar-refractivity contribution is 0.101. The number of ketones is 1. The van der Waals surface area contributed by atoms with Crippen LogP contribution in [-0.4, -0.2) is 45.5 Å². The number of nitrogens with one attached hydrogen (secondary N) is 1. The number of benzene rings is 2. The molecule has 36 heavy (non-hydrogen) atoms. The number of hydrogen-bond donors (Lipinski definition) is 1. The van der Waals surface area contributed by atoms with Crippen LogP contribution < -0.4 is 14.4 Å². The number of carbonyl (C=O) groups is 1. The Hall–Kier alpha value is -3.27. The molecule has 8 nitrogen and oxygen atoms in total. The molecule has 4 rings (SSSR count). The molecule has 1 atom stereocenters. The van der Waals surface area contributed by atoms with Crippen LogP contribution in [0.15, 0.2) is 65.7 Å². The van der Waals surface area contributed by atoms with Crippen LogP contribution in [0.2, 0.25) is 0 Å². The molecule has 1 aliphatic rings. The Labute approximate surface area is 212 Å². The number of hydrogen-bond acceptors (Lipinski definition) is 7. The van der Waals surface area contributed by atoms with E-state index in [1.807, 2.05) is 37.3 Å². The first-order valence-corrected chi connectivity index (χ1v) is 13.5. The maximum Gasteiger partial charge on any atom is 0.241 e. The fraction of sp³-hybridized carbons (Fsp3) is 0.333. The van der Waals surface area contributed by atoms with Gasteiger partial charge < -0.3 is 14.4 Å². The third kappa shape index (κ3) is 5.92. The molecule has 0 bridgehead atoms. The van der Waals surface area contributed by atoms with E-state index in [-0.39, 0.29) is 10.7 Å². The molecule has 1 aromatic heterocycles. The number of anilines is 1. The number of pyridine rings is 1. The first-order chi connectivity index (χ1) is 17.3. The van der Waals surface area contributed by atoms with Crippen LogP contribution in [-0.2, 0) is 21.2 Å². The van der Waals surface area contributed by atoms with Gasteiger partial charge in [-0.1, -0.05) is 25.1 Å². The van der Waals surface area contributed by atoms with Crippen molar-refractivity contribution in [2.24, 2.45) is 0 Å². The Morgan fingerprint density at radius 2 is 1.86 bits per heavy atom. The van der Waals surface area contributed by atoms with E-state index < -0.39 is 16.1 Å². The zero-order chi connectivity index (χ0) is 25.7. The standard InChI is InChI=1S/C27H31N3O5S/c1-4-25-26(19(2)29-36(32,33)24-10-8-21(9-11-24)20(3)31)12-13-28-27(25)35-23-7-5-6-22(18-23)30-14-16-34-17-15-30/h5-13,18-19,29H,4,14-17H2,1-3H3. The Bertz CT molecular complexity index is 1320. The highest BCUT2D eigenvalue weighted by molar-refractivity contribution is 7.89. The average molecular weight is 510 g/mol. The molecule has 1 saturated heterocycles. The zero-order valence-electron chi connectivity index (χ0n) is 20.7. The Balaban J connectivity index is 1.55. The molecule has 0 amide bonds. The number of sulfonamides is 1. The van der Waals surface area contributed by atoms with Crippen LogP contribution in [0, 0.1) is 0 Å². The molecule has 3 aromatic rings. The van der Waals surface area contributed by atoms with E-state index in [2.05, 4.69) is 14.6 Å². The number of aromatic nitrogens is 1. The van der Waals surface area contributed by atoms with Crippen LogP contribution in [0.4, 0.5) is 5.69 Å². The van der Waals surface area contributed by atoms with Gasteiger partial charge in [-0.2, -0.15) is 0 Å². The van der Waals surface area contributed by atoms with Crippen molar-refractivity contribution in [3.05, 3.63) is 77.5 Å². The van der Waals surface area contributed by atoms with Crippen molar-refractivity contribution in [2.45, 2.75) is 38.1 Å². The first kappa shape index (κ1) is 25.8. The van der Waals surface area contributed by atoms with Crippen LogP contribution >= 0.6 is 0 Å². The van der Waals surface area contributed by atoms with Crippen molar-refractivity contribution in [3.63, 3.8) is 0 Å². The predicted molar refractivity (Wildman–Crippen MR) is 138 cm³/mol. The lowest BCUT2D eigenvalue weighted by Gasteiger charge is -2.29. The van der Waals surface area contributed by atoms with Gasteiger partial charge in [0.2, 0.25) is 15.9 Å². The highest BCUT2D eigenvalue weighted by Gasteiger charge is 2.22. The molecule has 1 unspecified atom stereocenters. The van der Waals surface area contributed by atoms with Crippen molar-refractivity contribution in [1.82, 2.24) is 9.71 Å². The highest BCUT2D eigenvalue weighted by Crippen LogP contribution is 2.31. The van der Waals surface area contributed by atoms with Gasteiger partial charge in [-0.25, -0.2) is 18.1 Å². The van der Waals surface area contributed by atoms with E-state index in [0.717, 1.165) is 29.9 Å². The summed E-state index contributed by atoms with van der Waals surface area (Å²) in [5.41, 5.74) is 3.14. The summed E-state index contributed by atoms with van der Waals surface area (Å²) >= 11 is 0. The summed E-state index contributed by atoms with van der Waals surface area (Å²) in [4.78, 5) is 18.3. The maximum absolute atomic E-state index is 13.0. The second kappa shape index (κ2) is 11.2. The molecule has 2 aromatic carbocycles. The monoisotopic (exact) mass is 509 g/mol. The summed E-state index contributed by atoms with van der Waals surface area (Å²) in [5.74, 6) is 0.996. The van der Waals surface area contributed by atoms with E-state index in [1.165, 1.54) is 31.2 Å². The van der Waals surface area contributed by atoms with Gasteiger partial charge in [-0.3, -0.25) is 4.79 Å². The Kier molecular flexibility index (Phi) is 8.03.